The van der Waals surface area contributed by atoms with Crippen LogP contribution < -0.4 is 5.32 Å². The molecule has 0 saturated heterocycles. The number of aryl methyl sites for hydroxylation is 1. The number of fused-ring (bicyclic) bond motifs is 1. The Labute approximate surface area is 127 Å². The van der Waals surface area contributed by atoms with Crippen LogP contribution in [0.3, 0.4) is 0 Å². The average molecular weight is 337 g/mol. The topological polar surface area (TPSA) is 17.0 Å². The third-order valence-corrected chi connectivity index (χ3v) is 4.77. The highest BCUT2D eigenvalue weighted by Gasteiger charge is 2.20. The molecule has 0 saturated carbocycles. The molecule has 1 N–H and O–H groups in total. The van der Waals surface area contributed by atoms with Crippen molar-refractivity contribution in [3.05, 3.63) is 57.6 Å². The van der Waals surface area contributed by atoms with Gasteiger partial charge in [0, 0.05) is 29.5 Å². The van der Waals surface area contributed by atoms with E-state index in [1.165, 1.54) is 36.1 Å². The zero-order chi connectivity index (χ0) is 14.1. The predicted molar refractivity (Wildman–Crippen MR) is 82.4 cm³/mol. The molecule has 1 aliphatic carbocycles. The smallest absolute Gasteiger partial charge is 0.124 e. The van der Waals surface area contributed by atoms with Gasteiger partial charge in [-0.3, -0.25) is 0 Å². The standard InChI is InChI=1S/C16H18BrFN2/c1-19-16-4-2-3-11-8-20(10-14(11)16)9-12-5-6-13(18)7-15(12)17/h5-8,10,16,19H,2-4,9H2,1H3. The van der Waals surface area contributed by atoms with Crippen molar-refractivity contribution in [1.29, 1.82) is 0 Å². The van der Waals surface area contributed by atoms with Gasteiger partial charge in [-0.25, -0.2) is 4.39 Å². The summed E-state index contributed by atoms with van der Waals surface area (Å²) in [5, 5.41) is 3.38. The SMILES string of the molecule is CNC1CCCc2cn(Cc3ccc(F)cc3Br)cc21. The minimum absolute atomic E-state index is 0.206. The number of hydrogen-bond acceptors (Lipinski definition) is 1. The molecule has 1 aromatic carbocycles. The van der Waals surface area contributed by atoms with Crippen molar-refractivity contribution in [2.24, 2.45) is 0 Å². The van der Waals surface area contributed by atoms with Crippen molar-refractivity contribution in [3.63, 3.8) is 0 Å². The van der Waals surface area contributed by atoms with Gasteiger partial charge < -0.3 is 9.88 Å². The number of rotatable bonds is 3. The third-order valence-electron chi connectivity index (χ3n) is 4.03. The summed E-state index contributed by atoms with van der Waals surface area (Å²) in [5.74, 6) is -0.206. The first-order valence-electron chi connectivity index (χ1n) is 6.97. The highest BCUT2D eigenvalue weighted by molar-refractivity contribution is 9.10. The number of nitrogens with one attached hydrogen (secondary N) is 1. The molecule has 0 radical (unpaired) electrons. The van der Waals surface area contributed by atoms with Crippen LogP contribution in [0.2, 0.25) is 0 Å². The van der Waals surface area contributed by atoms with Gasteiger partial charge in [-0.2, -0.15) is 0 Å². The van der Waals surface area contributed by atoms with E-state index >= 15 is 0 Å². The highest BCUT2D eigenvalue weighted by atomic mass is 79.9. The van der Waals surface area contributed by atoms with Crippen LogP contribution in [0.15, 0.2) is 35.1 Å². The van der Waals surface area contributed by atoms with Crippen molar-refractivity contribution in [2.45, 2.75) is 31.8 Å². The van der Waals surface area contributed by atoms with E-state index in [9.17, 15) is 4.39 Å². The summed E-state index contributed by atoms with van der Waals surface area (Å²) in [5.41, 5.74) is 3.95. The van der Waals surface area contributed by atoms with Crippen LogP contribution in [0.5, 0.6) is 0 Å². The van der Waals surface area contributed by atoms with Crippen molar-refractivity contribution in [2.75, 3.05) is 7.05 Å². The van der Waals surface area contributed by atoms with Gasteiger partial charge in [0.05, 0.1) is 0 Å². The molecule has 20 heavy (non-hydrogen) atoms. The molecule has 1 aliphatic rings. The Morgan fingerprint density at radius 3 is 3.00 bits per heavy atom. The van der Waals surface area contributed by atoms with Gasteiger partial charge in [-0.15, -0.1) is 0 Å². The minimum Gasteiger partial charge on any atom is -0.349 e. The zero-order valence-corrected chi connectivity index (χ0v) is 13.1. The first kappa shape index (κ1) is 13.8. The van der Waals surface area contributed by atoms with Crippen molar-refractivity contribution in [1.82, 2.24) is 9.88 Å². The maximum absolute atomic E-state index is 13.1. The fourth-order valence-corrected chi connectivity index (χ4v) is 3.46. The number of halogens is 2. The van der Waals surface area contributed by atoms with Crippen molar-refractivity contribution < 1.29 is 4.39 Å². The molecule has 3 rings (SSSR count). The lowest BCUT2D eigenvalue weighted by atomic mass is 9.91. The summed E-state index contributed by atoms with van der Waals surface area (Å²) in [7, 11) is 2.02. The van der Waals surface area contributed by atoms with E-state index < -0.39 is 0 Å². The van der Waals surface area contributed by atoms with E-state index in [1.54, 1.807) is 0 Å². The van der Waals surface area contributed by atoms with Gasteiger partial charge in [-0.05, 0) is 55.1 Å². The highest BCUT2D eigenvalue weighted by Crippen LogP contribution is 2.30. The molecule has 2 aromatic rings. The lowest BCUT2D eigenvalue weighted by Crippen LogP contribution is -2.20. The summed E-state index contributed by atoms with van der Waals surface area (Å²) in [4.78, 5) is 0. The first-order chi connectivity index (χ1) is 9.67. The van der Waals surface area contributed by atoms with Crippen molar-refractivity contribution in [3.8, 4) is 0 Å². The molecule has 1 atom stereocenters. The molecule has 0 spiro atoms. The Kier molecular flexibility index (Phi) is 3.94. The number of hydrogen-bond donors (Lipinski definition) is 1. The monoisotopic (exact) mass is 336 g/mol. The second-order valence-electron chi connectivity index (χ2n) is 5.38. The number of nitrogens with zero attached hydrogens (tertiary/aromatic N) is 1. The molecule has 0 fully saturated rings. The van der Waals surface area contributed by atoms with Crippen LogP contribution in [0.4, 0.5) is 4.39 Å². The van der Waals surface area contributed by atoms with E-state index in [0.717, 1.165) is 23.0 Å². The maximum Gasteiger partial charge on any atom is 0.124 e. The molecule has 4 heteroatoms. The first-order valence-corrected chi connectivity index (χ1v) is 7.76. The van der Waals surface area contributed by atoms with Gasteiger partial charge in [0.1, 0.15) is 5.82 Å². The van der Waals surface area contributed by atoms with Crippen LogP contribution >= 0.6 is 15.9 Å². The molecule has 0 aliphatic heterocycles. The quantitative estimate of drug-likeness (QED) is 0.895. The largest absolute Gasteiger partial charge is 0.349 e. The third kappa shape index (κ3) is 2.67. The molecule has 1 aromatic heterocycles. The Hall–Kier alpha value is -1.13. The van der Waals surface area contributed by atoms with Gasteiger partial charge >= 0.3 is 0 Å². The second kappa shape index (κ2) is 5.70. The molecule has 0 amide bonds. The normalized spacial score (nSPS) is 18.1. The van der Waals surface area contributed by atoms with Gasteiger partial charge in [0.15, 0.2) is 0 Å². The van der Waals surface area contributed by atoms with Crippen LogP contribution in [0, 0.1) is 5.82 Å². The molecule has 1 unspecified atom stereocenters. The fourth-order valence-electron chi connectivity index (χ4n) is 2.99. The Morgan fingerprint density at radius 1 is 1.40 bits per heavy atom. The zero-order valence-electron chi connectivity index (χ0n) is 11.5. The number of aromatic nitrogens is 1. The minimum atomic E-state index is -0.206. The van der Waals surface area contributed by atoms with E-state index in [-0.39, 0.29) is 5.82 Å². The van der Waals surface area contributed by atoms with Crippen LogP contribution in [-0.2, 0) is 13.0 Å². The van der Waals surface area contributed by atoms with E-state index in [0.29, 0.717) is 6.04 Å². The summed E-state index contributed by atoms with van der Waals surface area (Å²) >= 11 is 3.44. The summed E-state index contributed by atoms with van der Waals surface area (Å²) in [6.07, 6.45) is 8.06. The van der Waals surface area contributed by atoms with Crippen LogP contribution in [-0.4, -0.2) is 11.6 Å². The van der Waals surface area contributed by atoms with Crippen LogP contribution in [0.1, 0.15) is 35.6 Å². The Bertz CT molecular complexity index is 621. The maximum atomic E-state index is 13.1. The number of benzene rings is 1. The lowest BCUT2D eigenvalue weighted by Gasteiger charge is -2.21. The predicted octanol–water partition coefficient (Wildman–Crippen LogP) is 4.03. The summed E-state index contributed by atoms with van der Waals surface area (Å²) < 4.78 is 16.2. The van der Waals surface area contributed by atoms with E-state index in [1.807, 2.05) is 13.1 Å². The van der Waals surface area contributed by atoms with Crippen LogP contribution in [0.25, 0.3) is 0 Å². The molecule has 106 valence electrons. The van der Waals surface area contributed by atoms with Crippen molar-refractivity contribution >= 4 is 15.9 Å². The molecule has 0 bridgehead atoms. The Morgan fingerprint density at radius 2 is 2.25 bits per heavy atom. The molecular weight excluding hydrogens is 319 g/mol. The average Bonchev–Trinajstić information content (AvgIpc) is 2.84. The molecule has 1 heterocycles. The second-order valence-corrected chi connectivity index (χ2v) is 6.23. The van der Waals surface area contributed by atoms with Gasteiger partial charge in [0.25, 0.3) is 0 Å². The summed E-state index contributed by atoms with van der Waals surface area (Å²) in [6, 6.07) is 5.35. The van der Waals surface area contributed by atoms with Gasteiger partial charge in [0.2, 0.25) is 0 Å². The van der Waals surface area contributed by atoms with E-state index in [2.05, 4.69) is 38.2 Å². The molecular formula is C16H18BrFN2. The summed E-state index contributed by atoms with van der Waals surface area (Å²) in [6.45, 7) is 0.768. The van der Waals surface area contributed by atoms with Gasteiger partial charge in [-0.1, -0.05) is 22.0 Å². The Balaban J connectivity index is 1.87. The molecule has 2 nitrogen and oxygen atoms in total. The van der Waals surface area contributed by atoms with E-state index in [4.69, 9.17) is 0 Å². The lowest BCUT2D eigenvalue weighted by molar-refractivity contribution is 0.498. The fraction of sp³-hybridized carbons (Fsp3) is 0.375.